The SMILES string of the molecule is CCN(CC)S(=O)(=O)c1ccc(=O)n(CC(=O)NC(CC(C)(C)C)c2ccc(F)cc2)c1. The van der Waals surface area contributed by atoms with Gasteiger partial charge in [-0.1, -0.05) is 46.8 Å². The number of sulfonamides is 1. The van der Waals surface area contributed by atoms with Gasteiger partial charge in [-0.05, 0) is 35.6 Å². The Labute approximate surface area is 189 Å². The van der Waals surface area contributed by atoms with Crippen LogP contribution < -0.4 is 10.9 Å². The zero-order valence-corrected chi connectivity index (χ0v) is 20.1. The molecular formula is C23H32FN3O4S. The fourth-order valence-electron chi connectivity index (χ4n) is 3.45. The second-order valence-electron chi connectivity index (χ2n) is 8.86. The number of nitrogens with one attached hydrogen (secondary N) is 1. The van der Waals surface area contributed by atoms with Crippen LogP contribution in [0.1, 0.15) is 52.6 Å². The first-order valence-electron chi connectivity index (χ1n) is 10.6. The van der Waals surface area contributed by atoms with Crippen molar-refractivity contribution in [3.8, 4) is 0 Å². The van der Waals surface area contributed by atoms with E-state index < -0.39 is 21.5 Å². The zero-order chi connectivity index (χ0) is 24.1. The molecule has 0 aliphatic carbocycles. The molecule has 2 aromatic rings. The molecule has 0 spiro atoms. The molecule has 0 saturated carbocycles. The summed E-state index contributed by atoms with van der Waals surface area (Å²) in [5.41, 5.74) is 0.147. The van der Waals surface area contributed by atoms with Crippen molar-refractivity contribution in [1.29, 1.82) is 0 Å². The van der Waals surface area contributed by atoms with Gasteiger partial charge in [-0.15, -0.1) is 0 Å². The van der Waals surface area contributed by atoms with Crippen LogP contribution in [-0.2, 0) is 21.4 Å². The molecule has 1 atom stereocenters. The summed E-state index contributed by atoms with van der Waals surface area (Å²) in [6.07, 6.45) is 1.79. The summed E-state index contributed by atoms with van der Waals surface area (Å²) in [7, 11) is -3.76. The van der Waals surface area contributed by atoms with Crippen LogP contribution in [0.5, 0.6) is 0 Å². The predicted octanol–water partition coefficient (Wildman–Crippen LogP) is 3.31. The highest BCUT2D eigenvalue weighted by Gasteiger charge is 2.24. The van der Waals surface area contributed by atoms with Gasteiger partial charge in [0.25, 0.3) is 5.56 Å². The summed E-state index contributed by atoms with van der Waals surface area (Å²) in [4.78, 5) is 25.1. The van der Waals surface area contributed by atoms with E-state index in [1.807, 2.05) is 20.8 Å². The third kappa shape index (κ3) is 6.74. The average molecular weight is 466 g/mol. The normalized spacial score (nSPS) is 13.2. The van der Waals surface area contributed by atoms with E-state index in [4.69, 9.17) is 0 Å². The minimum atomic E-state index is -3.76. The lowest BCUT2D eigenvalue weighted by molar-refractivity contribution is -0.122. The molecule has 1 unspecified atom stereocenters. The van der Waals surface area contributed by atoms with Crippen molar-refractivity contribution in [3.63, 3.8) is 0 Å². The molecule has 0 fully saturated rings. The molecule has 1 N–H and O–H groups in total. The van der Waals surface area contributed by atoms with E-state index in [9.17, 15) is 22.4 Å². The standard InChI is InChI=1S/C23H32FN3O4S/c1-6-27(7-2)32(30,31)19-12-13-22(29)26(15-19)16-21(28)25-20(14-23(3,4)5)17-8-10-18(24)11-9-17/h8-13,15,20H,6-7,14,16H2,1-5H3,(H,25,28). The Hall–Kier alpha value is -2.52. The minimum Gasteiger partial charge on any atom is -0.348 e. The van der Waals surface area contributed by atoms with Gasteiger partial charge >= 0.3 is 0 Å². The van der Waals surface area contributed by atoms with Crippen molar-refractivity contribution < 1.29 is 17.6 Å². The van der Waals surface area contributed by atoms with E-state index >= 15 is 0 Å². The summed E-state index contributed by atoms with van der Waals surface area (Å²) in [5.74, 6) is -0.810. The number of hydrogen-bond donors (Lipinski definition) is 1. The average Bonchev–Trinajstić information content (AvgIpc) is 2.69. The molecule has 0 aliphatic rings. The topological polar surface area (TPSA) is 88.5 Å². The number of carbonyl (C=O) groups is 1. The van der Waals surface area contributed by atoms with Gasteiger partial charge in [0.05, 0.1) is 10.9 Å². The molecule has 7 nitrogen and oxygen atoms in total. The molecule has 176 valence electrons. The maximum atomic E-state index is 13.3. The Morgan fingerprint density at radius 1 is 1.09 bits per heavy atom. The van der Waals surface area contributed by atoms with Crippen molar-refractivity contribution >= 4 is 15.9 Å². The summed E-state index contributed by atoms with van der Waals surface area (Å²) in [6.45, 7) is 9.81. The number of halogens is 1. The molecule has 1 aromatic carbocycles. The van der Waals surface area contributed by atoms with E-state index in [2.05, 4.69) is 5.32 Å². The zero-order valence-electron chi connectivity index (χ0n) is 19.3. The van der Waals surface area contributed by atoms with Crippen molar-refractivity contribution in [1.82, 2.24) is 14.2 Å². The molecule has 2 rings (SSSR count). The molecule has 1 amide bonds. The molecule has 0 aliphatic heterocycles. The van der Waals surface area contributed by atoms with Crippen molar-refractivity contribution in [2.24, 2.45) is 5.41 Å². The van der Waals surface area contributed by atoms with E-state index in [0.717, 1.165) is 16.2 Å². The van der Waals surface area contributed by atoms with Crippen LogP contribution in [0.25, 0.3) is 0 Å². The quantitative estimate of drug-likeness (QED) is 0.615. The molecule has 9 heteroatoms. The largest absolute Gasteiger partial charge is 0.348 e. The lowest BCUT2D eigenvalue weighted by atomic mass is 9.85. The van der Waals surface area contributed by atoms with Crippen LogP contribution >= 0.6 is 0 Å². The monoisotopic (exact) mass is 465 g/mol. The third-order valence-corrected chi connectivity index (χ3v) is 7.07. The number of pyridine rings is 1. The van der Waals surface area contributed by atoms with Crippen LogP contribution in [0, 0.1) is 11.2 Å². The smallest absolute Gasteiger partial charge is 0.251 e. The Balaban J connectivity index is 2.28. The van der Waals surface area contributed by atoms with Crippen molar-refractivity contribution in [2.45, 2.75) is 58.5 Å². The number of aromatic nitrogens is 1. The van der Waals surface area contributed by atoms with E-state index in [1.165, 1.54) is 28.7 Å². The van der Waals surface area contributed by atoms with Crippen molar-refractivity contribution in [3.05, 3.63) is 64.3 Å². The van der Waals surface area contributed by atoms with Gasteiger partial charge < -0.3 is 9.88 Å². The van der Waals surface area contributed by atoms with Gasteiger partial charge in [-0.2, -0.15) is 4.31 Å². The van der Waals surface area contributed by atoms with Crippen LogP contribution in [0.2, 0.25) is 0 Å². The lowest BCUT2D eigenvalue weighted by Crippen LogP contribution is -2.36. The highest BCUT2D eigenvalue weighted by molar-refractivity contribution is 7.89. The maximum absolute atomic E-state index is 13.3. The van der Waals surface area contributed by atoms with Crippen LogP contribution in [0.15, 0.2) is 52.3 Å². The number of carbonyl (C=O) groups excluding carboxylic acids is 1. The summed E-state index contributed by atoms with van der Waals surface area (Å²) in [6, 6.07) is 7.93. The summed E-state index contributed by atoms with van der Waals surface area (Å²) >= 11 is 0. The van der Waals surface area contributed by atoms with Crippen molar-refractivity contribution in [2.75, 3.05) is 13.1 Å². The van der Waals surface area contributed by atoms with Crippen LogP contribution in [-0.4, -0.2) is 36.3 Å². The fourth-order valence-corrected chi connectivity index (χ4v) is 4.93. The van der Waals surface area contributed by atoms with Gasteiger partial charge in [0.1, 0.15) is 12.4 Å². The summed E-state index contributed by atoms with van der Waals surface area (Å²) in [5, 5.41) is 2.91. The Kier molecular flexibility index (Phi) is 8.36. The van der Waals surface area contributed by atoms with Crippen LogP contribution in [0.4, 0.5) is 4.39 Å². The Bertz CT molecular complexity index is 1090. The van der Waals surface area contributed by atoms with Gasteiger partial charge in [0.2, 0.25) is 15.9 Å². The maximum Gasteiger partial charge on any atom is 0.251 e. The molecule has 0 bridgehead atoms. The number of benzene rings is 1. The Morgan fingerprint density at radius 2 is 1.69 bits per heavy atom. The van der Waals surface area contributed by atoms with E-state index in [1.54, 1.807) is 26.0 Å². The second kappa shape index (κ2) is 10.4. The first-order valence-corrected chi connectivity index (χ1v) is 12.1. The molecular weight excluding hydrogens is 433 g/mol. The molecule has 32 heavy (non-hydrogen) atoms. The van der Waals surface area contributed by atoms with Gasteiger partial charge in [-0.25, -0.2) is 12.8 Å². The third-order valence-electron chi connectivity index (χ3n) is 5.04. The van der Waals surface area contributed by atoms with E-state index in [0.29, 0.717) is 19.5 Å². The second-order valence-corrected chi connectivity index (χ2v) is 10.8. The molecule has 1 heterocycles. The first-order chi connectivity index (χ1) is 14.9. The predicted molar refractivity (Wildman–Crippen MR) is 122 cm³/mol. The van der Waals surface area contributed by atoms with Gasteiger partial charge in [-0.3, -0.25) is 9.59 Å². The number of hydrogen-bond acceptors (Lipinski definition) is 4. The fraction of sp³-hybridized carbons (Fsp3) is 0.478. The molecule has 0 saturated heterocycles. The number of amides is 1. The molecule has 0 radical (unpaired) electrons. The van der Waals surface area contributed by atoms with Crippen LogP contribution in [0.3, 0.4) is 0 Å². The Morgan fingerprint density at radius 3 is 2.22 bits per heavy atom. The molecule has 1 aromatic heterocycles. The minimum absolute atomic E-state index is 0.0432. The summed E-state index contributed by atoms with van der Waals surface area (Å²) < 4.78 is 41.3. The highest BCUT2D eigenvalue weighted by Crippen LogP contribution is 2.29. The van der Waals surface area contributed by atoms with Gasteiger partial charge in [0.15, 0.2) is 0 Å². The lowest BCUT2D eigenvalue weighted by Gasteiger charge is -2.27. The van der Waals surface area contributed by atoms with Gasteiger partial charge in [0, 0.05) is 25.4 Å². The highest BCUT2D eigenvalue weighted by atomic mass is 32.2. The first kappa shape index (κ1) is 25.7. The number of nitrogens with zero attached hydrogens (tertiary/aromatic N) is 2. The van der Waals surface area contributed by atoms with E-state index in [-0.39, 0.29) is 28.7 Å². The number of rotatable bonds is 9.